The largest absolute Gasteiger partial charge is 0.467 e. The van der Waals surface area contributed by atoms with Crippen LogP contribution in [0.3, 0.4) is 0 Å². The van der Waals surface area contributed by atoms with Gasteiger partial charge in [-0.2, -0.15) is 0 Å². The van der Waals surface area contributed by atoms with E-state index >= 15 is 0 Å². The zero-order chi connectivity index (χ0) is 25.6. The number of esters is 1. The van der Waals surface area contributed by atoms with Crippen molar-refractivity contribution in [3.63, 3.8) is 0 Å². The van der Waals surface area contributed by atoms with Gasteiger partial charge in [-0.25, -0.2) is 9.59 Å². The first-order valence-electron chi connectivity index (χ1n) is 10.6. The summed E-state index contributed by atoms with van der Waals surface area (Å²) in [5.74, 6) is 9.42. The molecule has 2 amide bonds. The topological polar surface area (TPSA) is 123 Å². The van der Waals surface area contributed by atoms with Gasteiger partial charge in [-0.1, -0.05) is 5.92 Å². The number of hydrogen-bond acceptors (Lipinski definition) is 7. The van der Waals surface area contributed by atoms with Gasteiger partial charge >= 0.3 is 12.1 Å². The lowest BCUT2D eigenvalue weighted by Crippen LogP contribution is -2.62. The fourth-order valence-electron chi connectivity index (χ4n) is 2.83. The molecule has 9 heteroatoms. The molecule has 1 atom stereocenters. The summed E-state index contributed by atoms with van der Waals surface area (Å²) in [6.45, 7) is 8.63. The van der Waals surface area contributed by atoms with E-state index in [0.717, 1.165) is 0 Å². The fraction of sp³-hybridized carbons (Fsp3) is 0.480. The molecule has 1 aliphatic heterocycles. The van der Waals surface area contributed by atoms with Crippen molar-refractivity contribution in [2.75, 3.05) is 20.3 Å². The Balaban J connectivity index is 2.09. The molecule has 182 valence electrons. The molecule has 1 aromatic rings. The number of methoxy groups -OCH3 is 1. The van der Waals surface area contributed by atoms with Gasteiger partial charge in [0.1, 0.15) is 11.6 Å². The minimum absolute atomic E-state index is 0.169. The number of ether oxygens (including phenoxy) is 3. The highest BCUT2D eigenvalue weighted by atomic mass is 16.6. The summed E-state index contributed by atoms with van der Waals surface area (Å²) >= 11 is 0. The number of hydrogen-bond donors (Lipinski definition) is 3. The van der Waals surface area contributed by atoms with Gasteiger partial charge < -0.3 is 30.0 Å². The minimum Gasteiger partial charge on any atom is -0.467 e. The van der Waals surface area contributed by atoms with Crippen LogP contribution in [-0.2, 0) is 19.0 Å². The maximum atomic E-state index is 12.8. The zero-order valence-corrected chi connectivity index (χ0v) is 20.2. The molecule has 0 bridgehead atoms. The van der Waals surface area contributed by atoms with Crippen LogP contribution < -0.4 is 10.6 Å². The average Bonchev–Trinajstić information content (AvgIpc) is 2.71. The predicted octanol–water partition coefficient (Wildman–Crippen LogP) is 1.38. The summed E-state index contributed by atoms with van der Waals surface area (Å²) in [5.41, 5.74) is -2.19. The molecule has 9 nitrogen and oxygen atoms in total. The van der Waals surface area contributed by atoms with Crippen LogP contribution in [0, 0.1) is 23.7 Å². The smallest absolute Gasteiger partial charge is 0.408 e. The highest BCUT2D eigenvalue weighted by Gasteiger charge is 2.40. The molecular formula is C25H30N2O7. The quantitative estimate of drug-likeness (QED) is 0.439. The molecule has 1 aromatic carbocycles. The molecule has 0 aromatic heterocycles. The Morgan fingerprint density at radius 1 is 1.09 bits per heavy atom. The second-order valence-corrected chi connectivity index (χ2v) is 9.38. The highest BCUT2D eigenvalue weighted by Crippen LogP contribution is 2.16. The van der Waals surface area contributed by atoms with Gasteiger partial charge in [-0.15, -0.1) is 0 Å². The summed E-state index contributed by atoms with van der Waals surface area (Å²) < 4.78 is 15.0. The van der Waals surface area contributed by atoms with E-state index < -0.39 is 40.8 Å². The van der Waals surface area contributed by atoms with Gasteiger partial charge in [0.15, 0.2) is 5.60 Å². The van der Waals surface area contributed by atoms with Gasteiger partial charge in [0.25, 0.3) is 5.91 Å². The van der Waals surface area contributed by atoms with Crippen LogP contribution in [0.5, 0.6) is 0 Å². The highest BCUT2D eigenvalue weighted by molar-refractivity contribution is 5.97. The summed E-state index contributed by atoms with van der Waals surface area (Å²) in [7, 11) is 1.19. The Morgan fingerprint density at radius 2 is 1.71 bits per heavy atom. The van der Waals surface area contributed by atoms with E-state index in [4.69, 9.17) is 14.2 Å². The molecule has 0 saturated carbocycles. The van der Waals surface area contributed by atoms with Crippen LogP contribution in [-0.4, -0.2) is 66.2 Å². The molecule has 3 N–H and O–H groups in total. The van der Waals surface area contributed by atoms with E-state index in [2.05, 4.69) is 34.3 Å². The first-order valence-corrected chi connectivity index (χ1v) is 10.6. The van der Waals surface area contributed by atoms with Crippen LogP contribution >= 0.6 is 0 Å². The number of alkyl carbamates (subject to hydrolysis) is 1. The third-order valence-electron chi connectivity index (χ3n) is 4.65. The number of benzene rings is 1. The lowest BCUT2D eigenvalue weighted by molar-refractivity contribution is -0.144. The van der Waals surface area contributed by atoms with Crippen molar-refractivity contribution < 1.29 is 33.7 Å². The van der Waals surface area contributed by atoms with Crippen molar-refractivity contribution in [1.82, 2.24) is 10.6 Å². The van der Waals surface area contributed by atoms with E-state index in [-0.39, 0.29) is 18.8 Å². The first-order chi connectivity index (χ1) is 15.7. The molecular weight excluding hydrogens is 440 g/mol. The van der Waals surface area contributed by atoms with Crippen LogP contribution in [0.2, 0.25) is 0 Å². The summed E-state index contributed by atoms with van der Waals surface area (Å²) in [5, 5.41) is 15.0. The Hall–Kier alpha value is -3.53. The van der Waals surface area contributed by atoms with Gasteiger partial charge in [0, 0.05) is 11.1 Å². The van der Waals surface area contributed by atoms with Crippen LogP contribution in [0.25, 0.3) is 0 Å². The Kier molecular flexibility index (Phi) is 8.33. The molecule has 2 rings (SSSR count). The number of amides is 2. The molecule has 1 heterocycles. The van der Waals surface area contributed by atoms with Crippen molar-refractivity contribution >= 4 is 18.0 Å². The van der Waals surface area contributed by atoms with E-state index in [1.54, 1.807) is 58.9 Å². The molecule has 0 radical (unpaired) electrons. The number of aliphatic hydroxyl groups is 1. The molecule has 0 aliphatic carbocycles. The predicted molar refractivity (Wildman–Crippen MR) is 124 cm³/mol. The molecule has 34 heavy (non-hydrogen) atoms. The number of rotatable bonds is 5. The van der Waals surface area contributed by atoms with E-state index in [9.17, 15) is 19.5 Å². The van der Waals surface area contributed by atoms with Crippen molar-refractivity contribution in [2.24, 2.45) is 0 Å². The number of carbonyl (C=O) groups is 3. The fourth-order valence-corrected chi connectivity index (χ4v) is 2.83. The van der Waals surface area contributed by atoms with Crippen LogP contribution in [0.15, 0.2) is 24.3 Å². The summed E-state index contributed by atoms with van der Waals surface area (Å²) in [4.78, 5) is 37.4. The maximum absolute atomic E-state index is 12.8. The van der Waals surface area contributed by atoms with Crippen molar-refractivity contribution in [3.8, 4) is 23.7 Å². The third-order valence-corrected chi connectivity index (χ3v) is 4.65. The third kappa shape index (κ3) is 7.80. The molecule has 0 spiro atoms. The summed E-state index contributed by atoms with van der Waals surface area (Å²) in [6, 6.07) is 5.16. The molecule has 1 saturated heterocycles. The van der Waals surface area contributed by atoms with Gasteiger partial charge in [-0.05, 0) is 76.6 Å². The van der Waals surface area contributed by atoms with Crippen molar-refractivity contribution in [1.29, 1.82) is 0 Å². The molecule has 1 fully saturated rings. The Bertz CT molecular complexity index is 1040. The molecule has 1 unspecified atom stereocenters. The lowest BCUT2D eigenvalue weighted by Gasteiger charge is -2.34. The first kappa shape index (κ1) is 26.7. The minimum atomic E-state index is -1.22. The van der Waals surface area contributed by atoms with Gasteiger partial charge in [0.2, 0.25) is 0 Å². The zero-order valence-electron chi connectivity index (χ0n) is 20.2. The Morgan fingerprint density at radius 3 is 2.21 bits per heavy atom. The number of carbonyl (C=O) groups excluding carboxylic acids is 3. The van der Waals surface area contributed by atoms with E-state index in [1.807, 2.05) is 0 Å². The second-order valence-electron chi connectivity index (χ2n) is 9.38. The van der Waals surface area contributed by atoms with E-state index in [1.165, 1.54) is 7.11 Å². The van der Waals surface area contributed by atoms with Crippen LogP contribution in [0.4, 0.5) is 4.79 Å². The maximum Gasteiger partial charge on any atom is 0.408 e. The van der Waals surface area contributed by atoms with Gasteiger partial charge in [-0.3, -0.25) is 4.79 Å². The normalized spacial score (nSPS) is 15.1. The van der Waals surface area contributed by atoms with Crippen LogP contribution in [0.1, 0.15) is 50.5 Å². The van der Waals surface area contributed by atoms with Gasteiger partial charge in [0.05, 0.1) is 25.9 Å². The van der Waals surface area contributed by atoms with Crippen molar-refractivity contribution in [3.05, 3.63) is 35.4 Å². The summed E-state index contributed by atoms with van der Waals surface area (Å²) in [6.07, 6.45) is -0.733. The monoisotopic (exact) mass is 470 g/mol. The SMILES string of the molecule is COC(=O)C(NC(=O)c1ccc(C#CC#CC2(O)COC2)cc1)C(C)(C)NC(=O)OC(C)(C)C. The van der Waals surface area contributed by atoms with Crippen molar-refractivity contribution in [2.45, 2.75) is 57.4 Å². The Labute approximate surface area is 199 Å². The second kappa shape index (κ2) is 10.6. The van der Waals surface area contributed by atoms with E-state index in [0.29, 0.717) is 5.56 Å². The standard InChI is InChI=1S/C25H30N2O7/c1-23(2,3)34-22(30)27-24(4,5)19(21(29)32-6)26-20(28)18-12-10-17(11-13-18)9-7-8-14-25(31)15-33-16-25/h10-13,19,31H,15-16H2,1-6H3,(H,26,28)(H,27,30). The number of nitrogens with one attached hydrogen (secondary N) is 2. The average molecular weight is 471 g/mol. The molecule has 1 aliphatic rings. The lowest BCUT2D eigenvalue weighted by atomic mass is 9.94.